The van der Waals surface area contributed by atoms with Crippen LogP contribution in [-0.4, -0.2) is 0 Å². The van der Waals surface area contributed by atoms with Gasteiger partial charge in [0, 0.05) is 5.92 Å². The van der Waals surface area contributed by atoms with Gasteiger partial charge in [-0.05, 0) is 29.7 Å². The van der Waals surface area contributed by atoms with E-state index in [2.05, 4.69) is 19.1 Å². The Morgan fingerprint density at radius 2 is 1.44 bits per heavy atom. The lowest BCUT2D eigenvalue weighted by atomic mass is 9.90. The van der Waals surface area contributed by atoms with Crippen LogP contribution >= 0.6 is 0 Å². The lowest BCUT2D eigenvalue weighted by molar-refractivity contribution is 0.603. The maximum atomic E-state index is 13.7. The summed E-state index contributed by atoms with van der Waals surface area (Å²) in [4.78, 5) is 0. The third kappa shape index (κ3) is 1.99. The fourth-order valence-corrected chi connectivity index (χ4v) is 2.07. The zero-order valence-corrected chi connectivity index (χ0v) is 9.57. The van der Waals surface area contributed by atoms with E-state index in [1.807, 2.05) is 31.2 Å². The molecule has 0 radical (unpaired) electrons. The quantitative estimate of drug-likeness (QED) is 0.699. The van der Waals surface area contributed by atoms with Gasteiger partial charge >= 0.3 is 0 Å². The van der Waals surface area contributed by atoms with E-state index in [1.54, 1.807) is 6.07 Å². The Kier molecular flexibility index (Phi) is 3.04. The predicted molar refractivity (Wildman–Crippen MR) is 65.1 cm³/mol. The topological polar surface area (TPSA) is 0 Å². The molecule has 0 N–H and O–H groups in total. The summed E-state index contributed by atoms with van der Waals surface area (Å²) in [6.45, 7) is 4.10. The van der Waals surface area contributed by atoms with Crippen LogP contribution in [0.2, 0.25) is 0 Å². The van der Waals surface area contributed by atoms with Crippen molar-refractivity contribution in [1.82, 2.24) is 0 Å². The van der Waals surface area contributed by atoms with E-state index in [9.17, 15) is 4.39 Å². The molecule has 2 rings (SSSR count). The summed E-state index contributed by atoms with van der Waals surface area (Å²) in [6, 6.07) is 15.1. The number of halogens is 1. The Balaban J connectivity index is 2.44. The SMILES string of the molecule is Cc1ccccc1C(C)c1ccccc1F. The van der Waals surface area contributed by atoms with Gasteiger partial charge in [-0.15, -0.1) is 0 Å². The van der Waals surface area contributed by atoms with Crippen LogP contribution in [0.1, 0.15) is 29.5 Å². The summed E-state index contributed by atoms with van der Waals surface area (Å²) >= 11 is 0. The van der Waals surface area contributed by atoms with Gasteiger partial charge in [0.1, 0.15) is 5.82 Å². The Morgan fingerprint density at radius 1 is 0.875 bits per heavy atom. The molecule has 0 nitrogen and oxygen atoms in total. The molecule has 1 unspecified atom stereocenters. The second kappa shape index (κ2) is 4.48. The molecule has 0 spiro atoms. The Bertz CT molecular complexity index is 443. The van der Waals surface area contributed by atoms with Crippen molar-refractivity contribution < 1.29 is 4.39 Å². The predicted octanol–water partition coefficient (Wildman–Crippen LogP) is 4.29. The molecule has 0 heterocycles. The number of benzene rings is 2. The van der Waals surface area contributed by atoms with Crippen LogP contribution < -0.4 is 0 Å². The second-order valence-corrected chi connectivity index (χ2v) is 4.10. The normalized spacial score (nSPS) is 12.4. The largest absolute Gasteiger partial charge is 0.207 e. The molecule has 0 saturated carbocycles. The maximum absolute atomic E-state index is 13.7. The molecule has 16 heavy (non-hydrogen) atoms. The minimum absolute atomic E-state index is 0.0994. The van der Waals surface area contributed by atoms with Crippen LogP contribution in [0.15, 0.2) is 48.5 Å². The molecule has 0 aliphatic carbocycles. The van der Waals surface area contributed by atoms with E-state index < -0.39 is 0 Å². The molecule has 1 atom stereocenters. The molecule has 82 valence electrons. The molecule has 0 aromatic heterocycles. The van der Waals surface area contributed by atoms with E-state index >= 15 is 0 Å². The molecule has 0 fully saturated rings. The highest BCUT2D eigenvalue weighted by molar-refractivity contribution is 5.37. The highest BCUT2D eigenvalue weighted by Gasteiger charge is 2.13. The smallest absolute Gasteiger partial charge is 0.127 e. The third-order valence-electron chi connectivity index (χ3n) is 3.03. The van der Waals surface area contributed by atoms with Gasteiger partial charge in [0.25, 0.3) is 0 Å². The Labute approximate surface area is 95.7 Å². The summed E-state index contributed by atoms with van der Waals surface area (Å²) in [5, 5.41) is 0. The summed E-state index contributed by atoms with van der Waals surface area (Å²) in [5.41, 5.74) is 3.16. The molecule has 0 amide bonds. The molecular weight excluding hydrogens is 199 g/mol. The first-order valence-electron chi connectivity index (χ1n) is 5.50. The summed E-state index contributed by atoms with van der Waals surface area (Å²) in [5.74, 6) is -0.0272. The molecule has 0 aliphatic heterocycles. The first kappa shape index (κ1) is 10.9. The molecule has 1 heteroatoms. The second-order valence-electron chi connectivity index (χ2n) is 4.10. The van der Waals surface area contributed by atoms with Crippen molar-refractivity contribution in [3.8, 4) is 0 Å². The van der Waals surface area contributed by atoms with Crippen molar-refractivity contribution in [2.24, 2.45) is 0 Å². The van der Waals surface area contributed by atoms with Crippen molar-refractivity contribution in [3.05, 3.63) is 71.0 Å². The van der Waals surface area contributed by atoms with Gasteiger partial charge in [-0.3, -0.25) is 0 Å². The monoisotopic (exact) mass is 214 g/mol. The fraction of sp³-hybridized carbons (Fsp3) is 0.200. The van der Waals surface area contributed by atoms with Crippen molar-refractivity contribution in [2.45, 2.75) is 19.8 Å². The zero-order chi connectivity index (χ0) is 11.5. The number of hydrogen-bond acceptors (Lipinski definition) is 0. The first-order chi connectivity index (χ1) is 7.70. The van der Waals surface area contributed by atoms with E-state index in [-0.39, 0.29) is 11.7 Å². The Hall–Kier alpha value is -1.63. The van der Waals surface area contributed by atoms with Gasteiger partial charge in [-0.25, -0.2) is 4.39 Å². The van der Waals surface area contributed by atoms with E-state index in [4.69, 9.17) is 0 Å². The van der Waals surface area contributed by atoms with Gasteiger partial charge in [0.2, 0.25) is 0 Å². The van der Waals surface area contributed by atoms with Crippen LogP contribution in [0.4, 0.5) is 4.39 Å². The lowest BCUT2D eigenvalue weighted by Gasteiger charge is -2.15. The standard InChI is InChI=1S/C15H15F/c1-11-7-3-4-8-13(11)12(2)14-9-5-6-10-15(14)16/h3-10,12H,1-2H3. The Morgan fingerprint density at radius 3 is 2.06 bits per heavy atom. The molecule has 0 aliphatic rings. The molecular formula is C15H15F. The summed E-state index contributed by atoms with van der Waals surface area (Å²) < 4.78 is 13.7. The van der Waals surface area contributed by atoms with Crippen molar-refractivity contribution in [3.63, 3.8) is 0 Å². The summed E-state index contributed by atoms with van der Waals surface area (Å²) in [7, 11) is 0. The van der Waals surface area contributed by atoms with Gasteiger partial charge in [0.05, 0.1) is 0 Å². The minimum atomic E-state index is -0.127. The van der Waals surface area contributed by atoms with Gasteiger partial charge < -0.3 is 0 Å². The average molecular weight is 214 g/mol. The van der Waals surface area contributed by atoms with Gasteiger partial charge in [-0.1, -0.05) is 49.4 Å². The lowest BCUT2D eigenvalue weighted by Crippen LogP contribution is -2.01. The number of hydrogen-bond donors (Lipinski definition) is 0. The van der Waals surface area contributed by atoms with E-state index in [0.29, 0.717) is 0 Å². The fourth-order valence-electron chi connectivity index (χ4n) is 2.07. The van der Waals surface area contributed by atoms with Gasteiger partial charge in [0.15, 0.2) is 0 Å². The van der Waals surface area contributed by atoms with Crippen LogP contribution in [0.5, 0.6) is 0 Å². The molecule has 0 bridgehead atoms. The molecule has 2 aromatic carbocycles. The van der Waals surface area contributed by atoms with Crippen LogP contribution in [0, 0.1) is 12.7 Å². The van der Waals surface area contributed by atoms with Gasteiger partial charge in [-0.2, -0.15) is 0 Å². The summed E-state index contributed by atoms with van der Waals surface area (Å²) in [6.07, 6.45) is 0. The highest BCUT2D eigenvalue weighted by Crippen LogP contribution is 2.28. The van der Waals surface area contributed by atoms with Crippen molar-refractivity contribution in [2.75, 3.05) is 0 Å². The number of aryl methyl sites for hydroxylation is 1. The van der Waals surface area contributed by atoms with E-state index in [0.717, 1.165) is 5.56 Å². The van der Waals surface area contributed by atoms with E-state index in [1.165, 1.54) is 17.2 Å². The third-order valence-corrected chi connectivity index (χ3v) is 3.03. The minimum Gasteiger partial charge on any atom is -0.207 e. The van der Waals surface area contributed by atoms with Crippen molar-refractivity contribution in [1.29, 1.82) is 0 Å². The number of rotatable bonds is 2. The molecule has 2 aromatic rings. The van der Waals surface area contributed by atoms with Crippen molar-refractivity contribution >= 4 is 0 Å². The first-order valence-corrected chi connectivity index (χ1v) is 5.50. The average Bonchev–Trinajstić information content (AvgIpc) is 2.29. The highest BCUT2D eigenvalue weighted by atomic mass is 19.1. The van der Waals surface area contributed by atoms with Crippen LogP contribution in [0.25, 0.3) is 0 Å². The van der Waals surface area contributed by atoms with Crippen LogP contribution in [0.3, 0.4) is 0 Å². The maximum Gasteiger partial charge on any atom is 0.127 e. The zero-order valence-electron chi connectivity index (χ0n) is 9.57. The molecule has 0 saturated heterocycles. The van der Waals surface area contributed by atoms with Crippen LogP contribution in [-0.2, 0) is 0 Å².